The molecule has 162 valence electrons. The number of ether oxygens (including phenoxy) is 2. The number of hydrogen-bond donors (Lipinski definition) is 1. The van der Waals surface area contributed by atoms with E-state index in [1.165, 1.54) is 25.3 Å². The van der Waals surface area contributed by atoms with E-state index in [1.807, 2.05) is 18.2 Å². The summed E-state index contributed by atoms with van der Waals surface area (Å²) in [5.74, 6) is 0.397. The molecule has 3 rings (SSSR count). The predicted molar refractivity (Wildman–Crippen MR) is 127 cm³/mol. The van der Waals surface area contributed by atoms with Crippen molar-refractivity contribution >= 4 is 52.5 Å². The lowest BCUT2D eigenvalue weighted by molar-refractivity contribution is -0.112. The second kappa shape index (κ2) is 10.9. The van der Waals surface area contributed by atoms with Gasteiger partial charge in [0.15, 0.2) is 11.5 Å². The van der Waals surface area contributed by atoms with Gasteiger partial charge in [-0.2, -0.15) is 5.26 Å². The Balaban J connectivity index is 1.80. The molecule has 0 aliphatic carbocycles. The molecule has 0 aliphatic heterocycles. The zero-order chi connectivity index (χ0) is 23.1. The average Bonchev–Trinajstić information content (AvgIpc) is 2.76. The summed E-state index contributed by atoms with van der Waals surface area (Å²) < 4.78 is 11.2. The largest absolute Gasteiger partial charge is 0.493 e. The van der Waals surface area contributed by atoms with E-state index >= 15 is 0 Å². The molecule has 1 N–H and O–H groups in total. The second-order valence-corrected chi connectivity index (χ2v) is 7.92. The van der Waals surface area contributed by atoms with E-state index < -0.39 is 5.91 Å². The van der Waals surface area contributed by atoms with Gasteiger partial charge in [0.2, 0.25) is 0 Å². The normalized spacial score (nSPS) is 10.9. The molecule has 8 heteroatoms. The highest BCUT2D eigenvalue weighted by Gasteiger charge is 2.12. The van der Waals surface area contributed by atoms with Gasteiger partial charge in [0.25, 0.3) is 5.91 Å². The van der Waals surface area contributed by atoms with Gasteiger partial charge in [-0.25, -0.2) is 0 Å². The third kappa shape index (κ3) is 6.41. The van der Waals surface area contributed by atoms with Crippen molar-refractivity contribution in [3.63, 3.8) is 0 Å². The lowest BCUT2D eigenvalue weighted by Crippen LogP contribution is -2.13. The summed E-state index contributed by atoms with van der Waals surface area (Å²) in [5, 5.41) is 13.5. The van der Waals surface area contributed by atoms with Crippen LogP contribution in [0.1, 0.15) is 11.1 Å². The fourth-order valence-corrected chi connectivity index (χ4v) is 3.43. The van der Waals surface area contributed by atoms with Crippen LogP contribution in [0, 0.1) is 11.3 Å². The van der Waals surface area contributed by atoms with Crippen molar-refractivity contribution in [1.29, 1.82) is 5.26 Å². The van der Waals surface area contributed by atoms with Crippen molar-refractivity contribution in [2.24, 2.45) is 0 Å². The minimum Gasteiger partial charge on any atom is -0.493 e. The van der Waals surface area contributed by atoms with Crippen molar-refractivity contribution in [3.05, 3.63) is 92.4 Å². The van der Waals surface area contributed by atoms with Crippen LogP contribution in [0.4, 0.5) is 5.69 Å². The Morgan fingerprint density at radius 2 is 1.66 bits per heavy atom. The first-order valence-corrected chi connectivity index (χ1v) is 10.5. The van der Waals surface area contributed by atoms with Crippen LogP contribution >= 0.6 is 34.8 Å². The van der Waals surface area contributed by atoms with Crippen molar-refractivity contribution in [3.8, 4) is 17.6 Å². The minimum atomic E-state index is -0.592. The molecule has 0 atom stereocenters. The van der Waals surface area contributed by atoms with E-state index in [9.17, 15) is 10.1 Å². The Kier molecular flexibility index (Phi) is 8.02. The van der Waals surface area contributed by atoms with Gasteiger partial charge in [-0.3, -0.25) is 4.79 Å². The standard InChI is InChI=1S/C24H17Cl3N2O3/c1-31-22-7-4-16(9-23(22)32-14-15-2-5-18(25)6-3-15)8-17(13-28)24(30)29-21-11-19(26)10-20(27)12-21/h2-12H,14H2,1H3,(H,29,30)/b17-8-. The molecule has 3 aromatic rings. The monoisotopic (exact) mass is 486 g/mol. The number of benzene rings is 3. The van der Waals surface area contributed by atoms with E-state index in [0.29, 0.717) is 44.4 Å². The number of nitriles is 1. The molecule has 0 fully saturated rings. The maximum absolute atomic E-state index is 12.6. The lowest BCUT2D eigenvalue weighted by atomic mass is 10.1. The van der Waals surface area contributed by atoms with Crippen molar-refractivity contribution in [1.82, 2.24) is 0 Å². The van der Waals surface area contributed by atoms with Gasteiger partial charge in [-0.05, 0) is 59.7 Å². The van der Waals surface area contributed by atoms with Gasteiger partial charge in [0.05, 0.1) is 7.11 Å². The fraction of sp³-hybridized carbons (Fsp3) is 0.0833. The summed E-state index contributed by atoms with van der Waals surface area (Å²) in [6, 6.07) is 18.9. The molecule has 0 saturated heterocycles. The zero-order valence-corrected chi connectivity index (χ0v) is 19.1. The Hall–Kier alpha value is -3.17. The number of nitrogens with zero attached hydrogens (tertiary/aromatic N) is 1. The molecular weight excluding hydrogens is 471 g/mol. The first kappa shape index (κ1) is 23.5. The molecule has 0 saturated carbocycles. The summed E-state index contributed by atoms with van der Waals surface area (Å²) in [5.41, 5.74) is 1.80. The highest BCUT2D eigenvalue weighted by molar-refractivity contribution is 6.35. The fourth-order valence-electron chi connectivity index (χ4n) is 2.78. The first-order valence-electron chi connectivity index (χ1n) is 9.32. The minimum absolute atomic E-state index is 0.102. The Morgan fingerprint density at radius 3 is 2.28 bits per heavy atom. The van der Waals surface area contributed by atoms with Gasteiger partial charge in [-0.15, -0.1) is 0 Å². The maximum Gasteiger partial charge on any atom is 0.266 e. The number of rotatable bonds is 7. The Morgan fingerprint density at radius 1 is 0.969 bits per heavy atom. The van der Waals surface area contributed by atoms with Crippen LogP contribution in [0.5, 0.6) is 11.5 Å². The topological polar surface area (TPSA) is 71.3 Å². The SMILES string of the molecule is COc1ccc(/C=C(/C#N)C(=O)Nc2cc(Cl)cc(Cl)c2)cc1OCc1ccc(Cl)cc1. The second-order valence-electron chi connectivity index (χ2n) is 6.61. The van der Waals surface area contributed by atoms with Crippen molar-refractivity contribution in [2.75, 3.05) is 12.4 Å². The number of carbonyl (C=O) groups is 1. The number of hydrogen-bond acceptors (Lipinski definition) is 4. The Bertz CT molecular complexity index is 1180. The van der Waals surface area contributed by atoms with Crippen LogP contribution in [-0.4, -0.2) is 13.0 Å². The third-order valence-electron chi connectivity index (χ3n) is 4.29. The molecule has 0 bridgehead atoms. The molecule has 1 amide bonds. The number of nitrogens with one attached hydrogen (secondary N) is 1. The number of amides is 1. The molecule has 0 spiro atoms. The first-order chi connectivity index (χ1) is 15.4. The van der Waals surface area contributed by atoms with E-state index in [-0.39, 0.29) is 5.57 Å². The van der Waals surface area contributed by atoms with E-state index in [0.717, 1.165) is 5.56 Å². The summed E-state index contributed by atoms with van der Waals surface area (Å²) in [6.45, 7) is 0.293. The van der Waals surface area contributed by atoms with Crippen molar-refractivity contribution in [2.45, 2.75) is 6.61 Å². The van der Waals surface area contributed by atoms with Crippen LogP contribution in [-0.2, 0) is 11.4 Å². The van der Waals surface area contributed by atoms with Crippen LogP contribution in [0.2, 0.25) is 15.1 Å². The van der Waals surface area contributed by atoms with E-state index in [1.54, 1.807) is 36.4 Å². The number of anilines is 1. The van der Waals surface area contributed by atoms with E-state index in [2.05, 4.69) is 5.32 Å². The van der Waals surface area contributed by atoms with Crippen LogP contribution in [0.3, 0.4) is 0 Å². The van der Waals surface area contributed by atoms with Gasteiger partial charge in [-0.1, -0.05) is 53.0 Å². The molecule has 0 heterocycles. The highest BCUT2D eigenvalue weighted by Crippen LogP contribution is 2.30. The number of carbonyl (C=O) groups excluding carboxylic acids is 1. The average molecular weight is 488 g/mol. The van der Waals surface area contributed by atoms with Gasteiger partial charge >= 0.3 is 0 Å². The molecule has 0 unspecified atom stereocenters. The quantitative estimate of drug-likeness (QED) is 0.294. The predicted octanol–water partition coefficient (Wildman–Crippen LogP) is 6.78. The highest BCUT2D eigenvalue weighted by atomic mass is 35.5. The zero-order valence-electron chi connectivity index (χ0n) is 16.9. The molecule has 0 radical (unpaired) electrons. The summed E-state index contributed by atoms with van der Waals surface area (Å²) >= 11 is 17.8. The van der Waals surface area contributed by atoms with Gasteiger partial charge < -0.3 is 14.8 Å². The van der Waals surface area contributed by atoms with Crippen LogP contribution in [0.15, 0.2) is 66.2 Å². The molecule has 5 nitrogen and oxygen atoms in total. The summed E-state index contributed by atoms with van der Waals surface area (Å²) in [7, 11) is 1.53. The third-order valence-corrected chi connectivity index (χ3v) is 4.98. The Labute approximate surface area is 200 Å². The molecule has 0 aromatic heterocycles. The smallest absolute Gasteiger partial charge is 0.266 e. The lowest BCUT2D eigenvalue weighted by Gasteiger charge is -2.12. The molecule has 3 aromatic carbocycles. The van der Waals surface area contributed by atoms with E-state index in [4.69, 9.17) is 44.3 Å². The number of halogens is 3. The maximum atomic E-state index is 12.6. The summed E-state index contributed by atoms with van der Waals surface area (Å²) in [6.07, 6.45) is 1.45. The van der Waals surface area contributed by atoms with Crippen LogP contribution < -0.4 is 14.8 Å². The van der Waals surface area contributed by atoms with Crippen molar-refractivity contribution < 1.29 is 14.3 Å². The number of methoxy groups -OCH3 is 1. The molecule has 32 heavy (non-hydrogen) atoms. The summed E-state index contributed by atoms with van der Waals surface area (Å²) in [4.78, 5) is 12.6. The van der Waals surface area contributed by atoms with Gasteiger partial charge in [0, 0.05) is 20.8 Å². The van der Waals surface area contributed by atoms with Gasteiger partial charge in [0.1, 0.15) is 18.2 Å². The molecular formula is C24H17Cl3N2O3. The molecule has 0 aliphatic rings. The van der Waals surface area contributed by atoms with Crippen LogP contribution in [0.25, 0.3) is 6.08 Å².